The number of nitrogens with zero attached hydrogens (tertiary/aromatic N) is 2. The molecule has 0 unspecified atom stereocenters. The number of nitro benzene ring substituents is 1. The predicted octanol–water partition coefficient (Wildman–Crippen LogP) is 2.37. The smallest absolute Gasteiger partial charge is 0.414 e. The van der Waals surface area contributed by atoms with E-state index in [1.807, 2.05) is 0 Å². The van der Waals surface area contributed by atoms with Gasteiger partial charge in [-0.05, 0) is 37.0 Å². The molecule has 0 fully saturated rings. The summed E-state index contributed by atoms with van der Waals surface area (Å²) in [6.45, 7) is 5.94. The Morgan fingerprint density at radius 1 is 1.38 bits per heavy atom. The molecule has 1 amide bonds. The minimum Gasteiger partial charge on any atom is -0.502 e. The molecule has 0 radical (unpaired) electrons. The molecule has 0 saturated heterocycles. The number of carbonyl (C=O) groups is 1. The highest BCUT2D eigenvalue weighted by atomic mass is 16.6. The van der Waals surface area contributed by atoms with Crippen molar-refractivity contribution in [3.05, 3.63) is 45.7 Å². The first-order valence-electron chi connectivity index (χ1n) is 6.50. The maximum absolute atomic E-state index is 11.8. The van der Waals surface area contributed by atoms with Gasteiger partial charge in [-0.25, -0.2) is 4.79 Å². The summed E-state index contributed by atoms with van der Waals surface area (Å²) in [6.07, 6.45) is 0.502. The number of hydrogen-bond donors (Lipinski definition) is 1. The minimum atomic E-state index is -0.617. The second kappa shape index (κ2) is 5.82. The molecule has 0 saturated carbocycles. The van der Waals surface area contributed by atoms with Gasteiger partial charge in [-0.1, -0.05) is 6.58 Å². The Hall–Kier alpha value is -2.57. The number of phenols is 1. The van der Waals surface area contributed by atoms with Gasteiger partial charge in [0.25, 0.3) is 0 Å². The fourth-order valence-electron chi connectivity index (χ4n) is 2.29. The van der Waals surface area contributed by atoms with Gasteiger partial charge < -0.3 is 14.7 Å². The van der Waals surface area contributed by atoms with Crippen LogP contribution in [0.25, 0.3) is 0 Å². The second-order valence-electron chi connectivity index (χ2n) is 4.92. The van der Waals surface area contributed by atoms with Gasteiger partial charge in [0.1, 0.15) is 0 Å². The third-order valence-electron chi connectivity index (χ3n) is 3.32. The maximum atomic E-state index is 11.8. The number of carbonyl (C=O) groups excluding carboxylic acids is 1. The Morgan fingerprint density at radius 2 is 1.95 bits per heavy atom. The highest BCUT2D eigenvalue weighted by Crippen LogP contribution is 2.31. The van der Waals surface area contributed by atoms with Gasteiger partial charge in [0, 0.05) is 19.2 Å². The van der Waals surface area contributed by atoms with Crippen molar-refractivity contribution >= 4 is 11.8 Å². The van der Waals surface area contributed by atoms with Crippen molar-refractivity contribution in [3.8, 4) is 5.75 Å². The Bertz CT molecular complexity index is 612. The Balaban J connectivity index is 2.19. The van der Waals surface area contributed by atoms with Gasteiger partial charge in [0.2, 0.25) is 0 Å². The molecule has 7 heteroatoms. The standard InChI is InChI=1S/C14H16N2O5/c1-9(2)21-14(18)15-5-3-10-7-12(16(19)20)13(17)8-11(10)4-6-15/h7-8,17H,1,3-6H2,2H3. The summed E-state index contributed by atoms with van der Waals surface area (Å²) in [5.74, 6) is -0.0354. The van der Waals surface area contributed by atoms with E-state index in [0.717, 1.165) is 11.1 Å². The van der Waals surface area contributed by atoms with Crippen molar-refractivity contribution < 1.29 is 19.6 Å². The number of fused-ring (bicyclic) bond motifs is 1. The van der Waals surface area contributed by atoms with Gasteiger partial charge in [-0.3, -0.25) is 10.1 Å². The van der Waals surface area contributed by atoms with Crippen LogP contribution in [0.5, 0.6) is 5.75 Å². The molecule has 21 heavy (non-hydrogen) atoms. The molecule has 1 aliphatic rings. The maximum Gasteiger partial charge on any atom is 0.414 e. The first-order valence-corrected chi connectivity index (χ1v) is 6.50. The number of rotatable bonds is 2. The highest BCUT2D eigenvalue weighted by molar-refractivity contribution is 5.69. The van der Waals surface area contributed by atoms with Crippen molar-refractivity contribution in [2.75, 3.05) is 13.1 Å². The lowest BCUT2D eigenvalue weighted by Crippen LogP contribution is -2.33. The zero-order valence-electron chi connectivity index (χ0n) is 11.7. The Morgan fingerprint density at radius 3 is 2.48 bits per heavy atom. The molecule has 7 nitrogen and oxygen atoms in total. The fraction of sp³-hybridized carbons (Fsp3) is 0.357. The summed E-state index contributed by atoms with van der Waals surface area (Å²) < 4.78 is 4.96. The molecule has 1 aliphatic heterocycles. The van der Waals surface area contributed by atoms with E-state index in [1.54, 1.807) is 6.92 Å². The van der Waals surface area contributed by atoms with Crippen molar-refractivity contribution in [3.63, 3.8) is 0 Å². The topological polar surface area (TPSA) is 92.9 Å². The summed E-state index contributed by atoms with van der Waals surface area (Å²) in [5, 5.41) is 20.5. The summed E-state index contributed by atoms with van der Waals surface area (Å²) in [7, 11) is 0. The number of nitro groups is 1. The number of benzene rings is 1. The Kier molecular flexibility index (Phi) is 4.11. The lowest BCUT2D eigenvalue weighted by molar-refractivity contribution is -0.385. The van der Waals surface area contributed by atoms with Crippen LogP contribution in [0.2, 0.25) is 0 Å². The van der Waals surface area contributed by atoms with Crippen molar-refractivity contribution in [2.45, 2.75) is 19.8 Å². The monoisotopic (exact) mass is 292 g/mol. The SMILES string of the molecule is C=C(C)OC(=O)N1CCc2cc(O)c([N+](=O)[O-])cc2CC1. The molecule has 0 aliphatic carbocycles. The van der Waals surface area contributed by atoms with Crippen LogP contribution in [0.15, 0.2) is 24.5 Å². The normalized spacial score (nSPS) is 14.0. The van der Waals surface area contributed by atoms with E-state index < -0.39 is 11.0 Å². The lowest BCUT2D eigenvalue weighted by Gasteiger charge is -2.19. The number of amides is 1. The third-order valence-corrected chi connectivity index (χ3v) is 3.32. The second-order valence-corrected chi connectivity index (χ2v) is 4.92. The molecule has 0 atom stereocenters. The average Bonchev–Trinajstić information content (AvgIpc) is 2.58. The quantitative estimate of drug-likeness (QED) is 0.513. The fourth-order valence-corrected chi connectivity index (χ4v) is 2.29. The molecule has 2 rings (SSSR count). The van der Waals surface area contributed by atoms with Crippen LogP contribution in [-0.2, 0) is 17.6 Å². The highest BCUT2D eigenvalue weighted by Gasteiger charge is 2.23. The van der Waals surface area contributed by atoms with E-state index in [9.17, 15) is 20.0 Å². The zero-order chi connectivity index (χ0) is 15.6. The number of phenolic OH excluding ortho intramolecular Hbond substituents is 1. The van der Waals surface area contributed by atoms with E-state index in [1.165, 1.54) is 17.0 Å². The summed E-state index contributed by atoms with van der Waals surface area (Å²) in [6, 6.07) is 2.78. The lowest BCUT2D eigenvalue weighted by atomic mass is 10.0. The summed E-state index contributed by atoms with van der Waals surface area (Å²) >= 11 is 0. The number of allylic oxidation sites excluding steroid dienone is 1. The van der Waals surface area contributed by atoms with Gasteiger partial charge in [-0.2, -0.15) is 0 Å². The first-order chi connectivity index (χ1) is 9.88. The van der Waals surface area contributed by atoms with Crippen LogP contribution in [0.4, 0.5) is 10.5 Å². The number of ether oxygens (including phenoxy) is 1. The molecule has 1 aromatic carbocycles. The third kappa shape index (κ3) is 3.31. The summed E-state index contributed by atoms with van der Waals surface area (Å²) in [5.41, 5.74) is 1.26. The van der Waals surface area contributed by atoms with Crippen LogP contribution in [0.1, 0.15) is 18.1 Å². The average molecular weight is 292 g/mol. The zero-order valence-corrected chi connectivity index (χ0v) is 11.7. The minimum absolute atomic E-state index is 0.313. The van der Waals surface area contributed by atoms with Crippen LogP contribution >= 0.6 is 0 Å². The van der Waals surface area contributed by atoms with Crippen molar-refractivity contribution in [1.29, 1.82) is 0 Å². The molecule has 1 N–H and O–H groups in total. The Labute approximate surface area is 121 Å². The van der Waals surface area contributed by atoms with E-state index >= 15 is 0 Å². The van der Waals surface area contributed by atoms with Crippen LogP contribution in [-0.4, -0.2) is 34.1 Å². The number of aromatic hydroxyl groups is 1. The van der Waals surface area contributed by atoms with Crippen LogP contribution < -0.4 is 0 Å². The molecular formula is C14H16N2O5. The molecule has 112 valence electrons. The number of hydrogen-bond acceptors (Lipinski definition) is 5. The van der Waals surface area contributed by atoms with E-state index in [4.69, 9.17) is 4.74 Å². The van der Waals surface area contributed by atoms with E-state index in [2.05, 4.69) is 6.58 Å². The molecule has 0 spiro atoms. The van der Waals surface area contributed by atoms with Crippen molar-refractivity contribution in [2.24, 2.45) is 0 Å². The van der Waals surface area contributed by atoms with Gasteiger partial charge in [0.05, 0.1) is 10.7 Å². The van der Waals surface area contributed by atoms with E-state index in [0.29, 0.717) is 31.7 Å². The molecular weight excluding hydrogens is 276 g/mol. The largest absolute Gasteiger partial charge is 0.502 e. The van der Waals surface area contributed by atoms with Crippen molar-refractivity contribution in [1.82, 2.24) is 4.90 Å². The predicted molar refractivity (Wildman–Crippen MR) is 75.0 cm³/mol. The molecule has 0 aromatic heterocycles. The van der Waals surface area contributed by atoms with Gasteiger partial charge in [0.15, 0.2) is 5.75 Å². The molecule has 1 aromatic rings. The van der Waals surface area contributed by atoms with Gasteiger partial charge >= 0.3 is 11.8 Å². The first kappa shape index (κ1) is 14.8. The molecule has 1 heterocycles. The van der Waals surface area contributed by atoms with E-state index in [-0.39, 0.29) is 11.4 Å². The van der Waals surface area contributed by atoms with Crippen LogP contribution in [0, 0.1) is 10.1 Å². The van der Waals surface area contributed by atoms with Crippen LogP contribution in [0.3, 0.4) is 0 Å². The van der Waals surface area contributed by atoms with Gasteiger partial charge in [-0.15, -0.1) is 0 Å². The molecule has 0 bridgehead atoms. The summed E-state index contributed by atoms with van der Waals surface area (Å²) in [4.78, 5) is 23.6.